The SMILES string of the molecule is CC(C)C(=O)Nc1ccc(C(=O)NNC(=O)COc2ccc(Cl)cc2)cc1. The molecule has 0 unspecified atom stereocenters. The minimum atomic E-state index is -0.515. The number of ether oxygens (including phenoxy) is 1. The Hall–Kier alpha value is -3.06. The van der Waals surface area contributed by atoms with Crippen molar-refractivity contribution < 1.29 is 19.1 Å². The molecule has 2 aromatic carbocycles. The third kappa shape index (κ3) is 6.63. The minimum Gasteiger partial charge on any atom is -0.484 e. The molecule has 7 nitrogen and oxygen atoms in total. The second-order valence-corrected chi connectivity index (χ2v) is 6.40. The van der Waals surface area contributed by atoms with E-state index in [0.717, 1.165) is 0 Å². The Bertz CT molecular complexity index is 805. The molecule has 3 amide bonds. The number of anilines is 1. The molecule has 0 saturated heterocycles. The smallest absolute Gasteiger partial charge is 0.276 e. The summed E-state index contributed by atoms with van der Waals surface area (Å²) in [5.74, 6) is -0.769. The van der Waals surface area contributed by atoms with E-state index in [9.17, 15) is 14.4 Å². The molecule has 0 aliphatic carbocycles. The van der Waals surface area contributed by atoms with Gasteiger partial charge in [0, 0.05) is 22.2 Å². The van der Waals surface area contributed by atoms with Crippen LogP contribution in [-0.2, 0) is 9.59 Å². The van der Waals surface area contributed by atoms with Crippen molar-refractivity contribution in [3.8, 4) is 5.75 Å². The van der Waals surface area contributed by atoms with Crippen molar-refractivity contribution in [2.45, 2.75) is 13.8 Å². The van der Waals surface area contributed by atoms with Crippen LogP contribution in [-0.4, -0.2) is 24.3 Å². The van der Waals surface area contributed by atoms with E-state index in [4.69, 9.17) is 16.3 Å². The van der Waals surface area contributed by atoms with E-state index >= 15 is 0 Å². The van der Waals surface area contributed by atoms with Crippen molar-refractivity contribution in [1.29, 1.82) is 0 Å². The Kier molecular flexibility index (Phi) is 7.19. The first-order valence-electron chi connectivity index (χ1n) is 8.23. The van der Waals surface area contributed by atoms with Gasteiger partial charge in [0.25, 0.3) is 11.8 Å². The van der Waals surface area contributed by atoms with E-state index in [0.29, 0.717) is 22.0 Å². The molecule has 2 aromatic rings. The Balaban J connectivity index is 1.78. The summed E-state index contributed by atoms with van der Waals surface area (Å²) in [7, 11) is 0. The third-order valence-corrected chi connectivity index (χ3v) is 3.69. The summed E-state index contributed by atoms with van der Waals surface area (Å²) >= 11 is 5.76. The summed E-state index contributed by atoms with van der Waals surface area (Å²) < 4.78 is 5.27. The van der Waals surface area contributed by atoms with Crippen LogP contribution in [0.3, 0.4) is 0 Å². The number of halogens is 1. The van der Waals surface area contributed by atoms with Crippen LogP contribution < -0.4 is 20.9 Å². The van der Waals surface area contributed by atoms with Crippen molar-refractivity contribution in [2.75, 3.05) is 11.9 Å². The number of hydrogen-bond donors (Lipinski definition) is 3. The lowest BCUT2D eigenvalue weighted by atomic mass is 10.1. The van der Waals surface area contributed by atoms with Crippen LogP contribution in [0.15, 0.2) is 48.5 Å². The van der Waals surface area contributed by atoms with Gasteiger partial charge in [0.1, 0.15) is 5.75 Å². The van der Waals surface area contributed by atoms with Gasteiger partial charge in [-0.1, -0.05) is 25.4 Å². The molecule has 2 rings (SSSR count). The zero-order chi connectivity index (χ0) is 19.8. The fraction of sp³-hybridized carbons (Fsp3) is 0.211. The molecule has 0 radical (unpaired) electrons. The second kappa shape index (κ2) is 9.59. The zero-order valence-electron chi connectivity index (χ0n) is 14.9. The molecule has 27 heavy (non-hydrogen) atoms. The molecular formula is C19H20ClN3O4. The molecular weight excluding hydrogens is 370 g/mol. The third-order valence-electron chi connectivity index (χ3n) is 3.44. The second-order valence-electron chi connectivity index (χ2n) is 5.97. The van der Waals surface area contributed by atoms with Crippen LogP contribution in [0.4, 0.5) is 5.69 Å². The van der Waals surface area contributed by atoms with Gasteiger partial charge in [0.2, 0.25) is 5.91 Å². The maximum Gasteiger partial charge on any atom is 0.276 e. The van der Waals surface area contributed by atoms with Gasteiger partial charge in [0.15, 0.2) is 6.61 Å². The van der Waals surface area contributed by atoms with Gasteiger partial charge in [0.05, 0.1) is 0 Å². The zero-order valence-corrected chi connectivity index (χ0v) is 15.7. The van der Waals surface area contributed by atoms with Crippen molar-refractivity contribution in [3.05, 3.63) is 59.1 Å². The predicted octanol–water partition coefficient (Wildman–Crippen LogP) is 2.77. The molecule has 0 fully saturated rings. The molecule has 0 aliphatic rings. The van der Waals surface area contributed by atoms with Gasteiger partial charge >= 0.3 is 0 Å². The Morgan fingerprint density at radius 1 is 0.963 bits per heavy atom. The van der Waals surface area contributed by atoms with Crippen molar-refractivity contribution >= 4 is 35.0 Å². The van der Waals surface area contributed by atoms with Crippen molar-refractivity contribution in [2.24, 2.45) is 5.92 Å². The fourth-order valence-electron chi connectivity index (χ4n) is 1.91. The number of hydrazine groups is 1. The van der Waals surface area contributed by atoms with Crippen LogP contribution in [0.1, 0.15) is 24.2 Å². The molecule has 142 valence electrons. The topological polar surface area (TPSA) is 96.5 Å². The Labute approximate surface area is 162 Å². The average Bonchev–Trinajstić information content (AvgIpc) is 2.66. The first kappa shape index (κ1) is 20.3. The number of amides is 3. The van der Waals surface area contributed by atoms with Gasteiger partial charge in [-0.2, -0.15) is 0 Å². The molecule has 0 saturated carbocycles. The minimum absolute atomic E-state index is 0.111. The van der Waals surface area contributed by atoms with E-state index in [-0.39, 0.29) is 18.4 Å². The van der Waals surface area contributed by atoms with E-state index in [1.54, 1.807) is 62.4 Å². The lowest BCUT2D eigenvalue weighted by Crippen LogP contribution is -2.43. The number of carbonyl (C=O) groups is 3. The van der Waals surface area contributed by atoms with Gasteiger partial charge in [-0.25, -0.2) is 0 Å². The molecule has 8 heteroatoms. The number of rotatable bonds is 6. The van der Waals surface area contributed by atoms with E-state index < -0.39 is 11.8 Å². The van der Waals surface area contributed by atoms with Gasteiger partial charge < -0.3 is 10.1 Å². The lowest BCUT2D eigenvalue weighted by molar-refractivity contribution is -0.123. The van der Waals surface area contributed by atoms with Crippen LogP contribution in [0.2, 0.25) is 5.02 Å². The van der Waals surface area contributed by atoms with Crippen LogP contribution in [0, 0.1) is 5.92 Å². The molecule has 0 atom stereocenters. The van der Waals surface area contributed by atoms with E-state index in [1.807, 2.05) is 0 Å². The number of benzene rings is 2. The standard InChI is InChI=1S/C19H20ClN3O4/c1-12(2)18(25)21-15-7-3-13(4-8-15)19(26)23-22-17(24)11-27-16-9-5-14(20)6-10-16/h3-10,12H,11H2,1-2H3,(H,21,25)(H,22,24)(H,23,26). The van der Waals surface area contributed by atoms with Gasteiger partial charge in [-0.05, 0) is 48.5 Å². The van der Waals surface area contributed by atoms with Gasteiger partial charge in [-0.15, -0.1) is 0 Å². The largest absolute Gasteiger partial charge is 0.484 e. The van der Waals surface area contributed by atoms with Crippen LogP contribution in [0.5, 0.6) is 5.75 Å². The number of hydrogen-bond acceptors (Lipinski definition) is 4. The van der Waals surface area contributed by atoms with Crippen LogP contribution in [0.25, 0.3) is 0 Å². The summed E-state index contributed by atoms with van der Waals surface area (Å²) in [4.78, 5) is 35.4. The number of nitrogens with one attached hydrogen (secondary N) is 3. The summed E-state index contributed by atoms with van der Waals surface area (Å²) in [6, 6.07) is 12.9. The highest BCUT2D eigenvalue weighted by atomic mass is 35.5. The highest BCUT2D eigenvalue weighted by molar-refractivity contribution is 6.30. The Morgan fingerprint density at radius 2 is 1.59 bits per heavy atom. The highest BCUT2D eigenvalue weighted by Crippen LogP contribution is 2.15. The predicted molar refractivity (Wildman–Crippen MR) is 102 cm³/mol. The van der Waals surface area contributed by atoms with Crippen molar-refractivity contribution in [3.63, 3.8) is 0 Å². The summed E-state index contributed by atoms with van der Waals surface area (Å²) in [5.41, 5.74) is 5.48. The molecule has 3 N–H and O–H groups in total. The highest BCUT2D eigenvalue weighted by Gasteiger charge is 2.10. The summed E-state index contributed by atoms with van der Waals surface area (Å²) in [6.07, 6.45) is 0. The molecule has 0 heterocycles. The molecule has 0 spiro atoms. The maximum atomic E-state index is 12.0. The van der Waals surface area contributed by atoms with Crippen molar-refractivity contribution in [1.82, 2.24) is 10.9 Å². The van der Waals surface area contributed by atoms with E-state index in [2.05, 4.69) is 16.2 Å². The number of carbonyl (C=O) groups excluding carboxylic acids is 3. The summed E-state index contributed by atoms with van der Waals surface area (Å²) in [5, 5.41) is 3.29. The lowest BCUT2D eigenvalue weighted by Gasteiger charge is -2.10. The van der Waals surface area contributed by atoms with Crippen LogP contribution >= 0.6 is 11.6 Å². The molecule has 0 bridgehead atoms. The molecule has 0 aliphatic heterocycles. The molecule has 0 aromatic heterocycles. The van der Waals surface area contributed by atoms with Gasteiger partial charge in [-0.3, -0.25) is 25.2 Å². The fourth-order valence-corrected chi connectivity index (χ4v) is 2.03. The average molecular weight is 390 g/mol. The Morgan fingerprint density at radius 3 is 2.19 bits per heavy atom. The first-order valence-corrected chi connectivity index (χ1v) is 8.61. The quantitative estimate of drug-likeness (QED) is 0.662. The van der Waals surface area contributed by atoms with E-state index in [1.165, 1.54) is 0 Å². The maximum absolute atomic E-state index is 12.0. The summed E-state index contributed by atoms with van der Waals surface area (Å²) in [6.45, 7) is 3.31. The normalized spacial score (nSPS) is 10.2. The monoisotopic (exact) mass is 389 g/mol. The first-order chi connectivity index (χ1) is 12.8.